The quantitative estimate of drug-likeness (QED) is 0.889. The van der Waals surface area contributed by atoms with Crippen LogP contribution in [0.3, 0.4) is 0 Å². The molecule has 0 bridgehead atoms. The summed E-state index contributed by atoms with van der Waals surface area (Å²) in [5, 5.41) is 7.01. The van der Waals surface area contributed by atoms with Crippen molar-refractivity contribution < 1.29 is 0 Å². The van der Waals surface area contributed by atoms with Crippen LogP contribution in [0.4, 0.5) is 5.69 Å². The first-order valence-electron chi connectivity index (χ1n) is 6.39. The van der Waals surface area contributed by atoms with Gasteiger partial charge in [-0.05, 0) is 57.4 Å². The molecule has 0 heterocycles. The number of hydrogen-bond donors (Lipinski definition) is 2. The van der Waals surface area contributed by atoms with Crippen LogP contribution in [0.15, 0.2) is 22.7 Å². The van der Waals surface area contributed by atoms with E-state index in [1.54, 1.807) is 0 Å². The van der Waals surface area contributed by atoms with E-state index in [4.69, 9.17) is 0 Å². The Morgan fingerprint density at radius 2 is 1.76 bits per heavy atom. The van der Waals surface area contributed by atoms with Gasteiger partial charge in [0, 0.05) is 22.2 Å². The zero-order valence-electron chi connectivity index (χ0n) is 10.6. The molecule has 0 saturated heterocycles. The van der Waals surface area contributed by atoms with E-state index in [0.717, 1.165) is 6.04 Å². The predicted molar refractivity (Wildman–Crippen MR) is 77.6 cm³/mol. The minimum Gasteiger partial charge on any atom is -0.382 e. The van der Waals surface area contributed by atoms with Gasteiger partial charge in [-0.2, -0.15) is 0 Å². The highest BCUT2D eigenvalue weighted by Gasteiger charge is 2.19. The first-order chi connectivity index (χ1) is 8.19. The molecule has 0 amide bonds. The van der Waals surface area contributed by atoms with Gasteiger partial charge in [0.15, 0.2) is 0 Å². The van der Waals surface area contributed by atoms with Gasteiger partial charge >= 0.3 is 0 Å². The lowest BCUT2D eigenvalue weighted by molar-refractivity contribution is 0.371. The fourth-order valence-corrected chi connectivity index (χ4v) is 2.82. The van der Waals surface area contributed by atoms with Crippen LogP contribution in [-0.2, 0) is 0 Å². The Hall–Kier alpha value is -0.540. The van der Waals surface area contributed by atoms with Crippen molar-refractivity contribution in [1.29, 1.82) is 0 Å². The number of anilines is 1. The van der Waals surface area contributed by atoms with Crippen molar-refractivity contribution >= 4 is 21.6 Å². The molecule has 0 aromatic heterocycles. The van der Waals surface area contributed by atoms with E-state index in [1.165, 1.54) is 41.4 Å². The van der Waals surface area contributed by atoms with Gasteiger partial charge in [-0.25, -0.2) is 0 Å². The molecule has 3 heteroatoms. The first kappa shape index (κ1) is 12.9. The van der Waals surface area contributed by atoms with Gasteiger partial charge in [0.1, 0.15) is 0 Å². The minimum absolute atomic E-state index is 0.634. The Balaban J connectivity index is 1.91. The molecule has 1 aromatic carbocycles. The van der Waals surface area contributed by atoms with Gasteiger partial charge in [0.05, 0.1) is 0 Å². The molecule has 0 aliphatic heterocycles. The average Bonchev–Trinajstić information content (AvgIpc) is 2.35. The fourth-order valence-electron chi connectivity index (χ4n) is 2.44. The Morgan fingerprint density at radius 1 is 1.12 bits per heavy atom. The van der Waals surface area contributed by atoms with Gasteiger partial charge in [0.2, 0.25) is 0 Å². The van der Waals surface area contributed by atoms with Crippen LogP contribution in [-0.4, -0.2) is 19.1 Å². The second-order valence-electron chi connectivity index (χ2n) is 4.95. The number of nitrogens with one attached hydrogen (secondary N) is 2. The molecule has 0 spiro atoms. The van der Waals surface area contributed by atoms with Gasteiger partial charge < -0.3 is 10.6 Å². The normalized spacial score (nSPS) is 24.6. The molecule has 2 nitrogen and oxygen atoms in total. The Morgan fingerprint density at radius 3 is 2.35 bits per heavy atom. The Bertz CT molecular complexity index is 370. The SMILES string of the molecule is CNC1CCC(Nc2ccc(C)c(Br)c2)CC1. The largest absolute Gasteiger partial charge is 0.382 e. The van der Waals surface area contributed by atoms with E-state index < -0.39 is 0 Å². The van der Waals surface area contributed by atoms with Crippen molar-refractivity contribution in [1.82, 2.24) is 5.32 Å². The average molecular weight is 297 g/mol. The van der Waals surface area contributed by atoms with E-state index in [-0.39, 0.29) is 0 Å². The van der Waals surface area contributed by atoms with Crippen molar-refractivity contribution in [2.45, 2.75) is 44.7 Å². The van der Waals surface area contributed by atoms with Crippen LogP contribution < -0.4 is 10.6 Å². The van der Waals surface area contributed by atoms with E-state index >= 15 is 0 Å². The maximum atomic E-state index is 3.64. The summed E-state index contributed by atoms with van der Waals surface area (Å²) < 4.78 is 1.19. The van der Waals surface area contributed by atoms with Crippen molar-refractivity contribution in [2.24, 2.45) is 0 Å². The minimum atomic E-state index is 0.634. The smallest absolute Gasteiger partial charge is 0.0353 e. The molecule has 2 N–H and O–H groups in total. The number of hydrogen-bond acceptors (Lipinski definition) is 2. The highest BCUT2D eigenvalue weighted by molar-refractivity contribution is 9.10. The maximum Gasteiger partial charge on any atom is 0.0353 e. The van der Waals surface area contributed by atoms with E-state index in [2.05, 4.69) is 58.7 Å². The maximum absolute atomic E-state index is 3.64. The van der Waals surface area contributed by atoms with Crippen molar-refractivity contribution in [3.05, 3.63) is 28.2 Å². The second kappa shape index (κ2) is 5.87. The van der Waals surface area contributed by atoms with Crippen molar-refractivity contribution in [2.75, 3.05) is 12.4 Å². The van der Waals surface area contributed by atoms with E-state index in [9.17, 15) is 0 Å². The van der Waals surface area contributed by atoms with Crippen molar-refractivity contribution in [3.8, 4) is 0 Å². The van der Waals surface area contributed by atoms with E-state index in [0.29, 0.717) is 6.04 Å². The van der Waals surface area contributed by atoms with Crippen LogP contribution in [0.2, 0.25) is 0 Å². The van der Waals surface area contributed by atoms with Gasteiger partial charge in [-0.15, -0.1) is 0 Å². The van der Waals surface area contributed by atoms with Crippen LogP contribution >= 0.6 is 15.9 Å². The molecule has 1 aromatic rings. The number of rotatable bonds is 3. The number of benzene rings is 1. The molecule has 0 unspecified atom stereocenters. The summed E-state index contributed by atoms with van der Waals surface area (Å²) in [5.41, 5.74) is 2.52. The Labute approximate surface area is 112 Å². The zero-order chi connectivity index (χ0) is 12.3. The third-order valence-electron chi connectivity index (χ3n) is 3.68. The molecule has 94 valence electrons. The molecule has 17 heavy (non-hydrogen) atoms. The zero-order valence-corrected chi connectivity index (χ0v) is 12.2. The lowest BCUT2D eigenvalue weighted by Crippen LogP contribution is -2.34. The summed E-state index contributed by atoms with van der Waals surface area (Å²) in [5.74, 6) is 0. The summed E-state index contributed by atoms with van der Waals surface area (Å²) in [4.78, 5) is 0. The van der Waals surface area contributed by atoms with E-state index in [1.807, 2.05) is 0 Å². The highest BCUT2D eigenvalue weighted by atomic mass is 79.9. The number of halogens is 1. The van der Waals surface area contributed by atoms with Crippen molar-refractivity contribution in [3.63, 3.8) is 0 Å². The van der Waals surface area contributed by atoms with Gasteiger partial charge in [0.25, 0.3) is 0 Å². The third-order valence-corrected chi connectivity index (χ3v) is 4.53. The molecule has 0 radical (unpaired) electrons. The molecule has 2 rings (SSSR count). The summed E-state index contributed by atoms with van der Waals surface area (Å²) >= 11 is 3.58. The van der Waals surface area contributed by atoms with Gasteiger partial charge in [-0.1, -0.05) is 22.0 Å². The molecule has 1 aliphatic rings. The molecule has 1 fully saturated rings. The monoisotopic (exact) mass is 296 g/mol. The summed E-state index contributed by atoms with van der Waals surface area (Å²) in [6.45, 7) is 2.12. The third kappa shape index (κ3) is 3.46. The van der Waals surface area contributed by atoms with Crippen LogP contribution in [0, 0.1) is 6.92 Å². The van der Waals surface area contributed by atoms with Crippen LogP contribution in [0.25, 0.3) is 0 Å². The summed E-state index contributed by atoms with van der Waals surface area (Å²) in [6, 6.07) is 7.86. The van der Waals surface area contributed by atoms with Crippen LogP contribution in [0.5, 0.6) is 0 Å². The summed E-state index contributed by atoms with van der Waals surface area (Å²) in [6.07, 6.45) is 5.08. The second-order valence-corrected chi connectivity index (χ2v) is 5.80. The number of aryl methyl sites for hydroxylation is 1. The molecular formula is C14H21BrN2. The topological polar surface area (TPSA) is 24.1 Å². The molecule has 0 atom stereocenters. The van der Waals surface area contributed by atoms with Gasteiger partial charge in [-0.3, -0.25) is 0 Å². The standard InChI is InChI=1S/C14H21BrN2/c1-10-3-4-13(9-14(10)15)17-12-7-5-11(16-2)6-8-12/h3-4,9,11-12,16-17H,5-8H2,1-2H3. The Kier molecular flexibility index (Phi) is 4.46. The highest BCUT2D eigenvalue weighted by Crippen LogP contribution is 2.25. The first-order valence-corrected chi connectivity index (χ1v) is 7.18. The molecule has 1 saturated carbocycles. The van der Waals surface area contributed by atoms with Crippen LogP contribution in [0.1, 0.15) is 31.2 Å². The summed E-state index contributed by atoms with van der Waals surface area (Å²) in [7, 11) is 2.06. The fraction of sp³-hybridized carbons (Fsp3) is 0.571. The lowest BCUT2D eigenvalue weighted by Gasteiger charge is -2.29. The predicted octanol–water partition coefficient (Wildman–Crippen LogP) is 3.70. The molecule has 1 aliphatic carbocycles. The lowest BCUT2D eigenvalue weighted by atomic mass is 9.91. The molecular weight excluding hydrogens is 276 g/mol.